The number of hydrogen-bond donors (Lipinski definition) is 3. The second kappa shape index (κ2) is 6.31. The van der Waals surface area contributed by atoms with E-state index in [1.807, 2.05) is 6.92 Å². The molecule has 2 heterocycles. The van der Waals surface area contributed by atoms with Gasteiger partial charge in [-0.15, -0.1) is 0 Å². The molecule has 1 aliphatic carbocycles. The number of rotatable bonds is 5. The van der Waals surface area contributed by atoms with Crippen LogP contribution in [0.3, 0.4) is 0 Å². The van der Waals surface area contributed by atoms with Crippen LogP contribution in [0.4, 0.5) is 11.8 Å². The molecule has 0 bridgehead atoms. The summed E-state index contributed by atoms with van der Waals surface area (Å²) in [5, 5.41) is 12.7. The van der Waals surface area contributed by atoms with Gasteiger partial charge in [0.15, 0.2) is 0 Å². The molecule has 0 aliphatic heterocycles. The summed E-state index contributed by atoms with van der Waals surface area (Å²) >= 11 is 0. The van der Waals surface area contributed by atoms with Crippen LogP contribution in [0.25, 0.3) is 11.5 Å². The number of nitrogens with one attached hydrogen (secondary N) is 1. The minimum atomic E-state index is 0.233. The predicted octanol–water partition coefficient (Wildman–Crippen LogP) is 1.85. The zero-order valence-corrected chi connectivity index (χ0v) is 12.6. The Labute approximate surface area is 129 Å². The van der Waals surface area contributed by atoms with Gasteiger partial charge in [0.05, 0.1) is 11.9 Å². The van der Waals surface area contributed by atoms with Crippen LogP contribution in [0.1, 0.15) is 31.9 Å². The molecule has 1 saturated carbocycles. The molecule has 7 heteroatoms. The molecule has 2 aromatic rings. The molecule has 1 aliphatic rings. The summed E-state index contributed by atoms with van der Waals surface area (Å²) in [5.74, 6) is 1.75. The molecule has 1 fully saturated rings. The predicted molar refractivity (Wildman–Crippen MR) is 83.2 cm³/mol. The second-order valence-electron chi connectivity index (χ2n) is 5.65. The number of aryl methyl sites for hydroxylation is 1. The first-order chi connectivity index (χ1) is 10.7. The van der Waals surface area contributed by atoms with Gasteiger partial charge in [0.1, 0.15) is 17.6 Å². The Hall–Kier alpha value is -2.15. The van der Waals surface area contributed by atoms with Crippen LogP contribution >= 0.6 is 0 Å². The zero-order chi connectivity index (χ0) is 15.5. The summed E-state index contributed by atoms with van der Waals surface area (Å²) in [4.78, 5) is 12.9. The number of hydrogen-bond acceptors (Lipinski definition) is 7. The Morgan fingerprint density at radius 2 is 2.27 bits per heavy atom. The number of aromatic nitrogens is 3. The average molecular weight is 303 g/mol. The van der Waals surface area contributed by atoms with Crippen molar-refractivity contribution in [2.75, 3.05) is 17.7 Å². The van der Waals surface area contributed by atoms with E-state index in [-0.39, 0.29) is 18.6 Å². The quantitative estimate of drug-likeness (QED) is 0.773. The van der Waals surface area contributed by atoms with Crippen molar-refractivity contribution in [2.45, 2.75) is 38.6 Å². The SMILES string of the molecule is CCc1nc(N)nc(NC2CCC(CO)C2)c1-c1ncco1. The molecule has 2 atom stereocenters. The molecule has 0 aromatic carbocycles. The number of anilines is 2. The highest BCUT2D eigenvalue weighted by Crippen LogP contribution is 2.33. The van der Waals surface area contributed by atoms with Gasteiger partial charge in [-0.3, -0.25) is 0 Å². The molecule has 7 nitrogen and oxygen atoms in total. The number of oxazole rings is 1. The molecule has 118 valence electrons. The van der Waals surface area contributed by atoms with E-state index in [1.165, 1.54) is 6.26 Å². The van der Waals surface area contributed by atoms with Gasteiger partial charge in [0.25, 0.3) is 0 Å². The van der Waals surface area contributed by atoms with Crippen LogP contribution in [0, 0.1) is 5.92 Å². The zero-order valence-electron chi connectivity index (χ0n) is 12.6. The van der Waals surface area contributed by atoms with Crippen LogP contribution in [0.5, 0.6) is 0 Å². The summed E-state index contributed by atoms with van der Waals surface area (Å²) in [6.45, 7) is 2.24. The van der Waals surface area contributed by atoms with Crippen LogP contribution in [0.15, 0.2) is 16.9 Å². The number of aliphatic hydroxyl groups is 1. The maximum absolute atomic E-state index is 9.28. The third-order valence-electron chi connectivity index (χ3n) is 4.12. The Balaban J connectivity index is 1.94. The fourth-order valence-electron chi connectivity index (χ4n) is 3.02. The Morgan fingerprint density at radius 1 is 1.41 bits per heavy atom. The number of nitrogens with two attached hydrogens (primary N) is 1. The van der Waals surface area contributed by atoms with Gasteiger partial charge in [0, 0.05) is 12.6 Å². The molecule has 22 heavy (non-hydrogen) atoms. The lowest BCUT2D eigenvalue weighted by Crippen LogP contribution is -2.19. The van der Waals surface area contributed by atoms with Gasteiger partial charge in [-0.25, -0.2) is 9.97 Å². The van der Waals surface area contributed by atoms with Crippen LogP contribution < -0.4 is 11.1 Å². The van der Waals surface area contributed by atoms with E-state index in [0.717, 1.165) is 30.5 Å². The smallest absolute Gasteiger partial charge is 0.231 e. The lowest BCUT2D eigenvalue weighted by atomic mass is 10.1. The molecule has 0 amide bonds. The fraction of sp³-hybridized carbons (Fsp3) is 0.533. The van der Waals surface area contributed by atoms with Gasteiger partial charge in [-0.1, -0.05) is 6.92 Å². The molecular formula is C15H21N5O2. The first-order valence-corrected chi connectivity index (χ1v) is 7.64. The summed E-state index contributed by atoms with van der Waals surface area (Å²) in [5.41, 5.74) is 7.42. The second-order valence-corrected chi connectivity index (χ2v) is 5.65. The minimum Gasteiger partial charge on any atom is -0.444 e. The van der Waals surface area contributed by atoms with Gasteiger partial charge in [-0.2, -0.15) is 4.98 Å². The topological polar surface area (TPSA) is 110 Å². The summed E-state index contributed by atoms with van der Waals surface area (Å²) in [6.07, 6.45) is 6.79. The van der Waals surface area contributed by atoms with E-state index < -0.39 is 0 Å². The Kier molecular flexibility index (Phi) is 4.24. The molecule has 2 unspecified atom stereocenters. The average Bonchev–Trinajstić information content (AvgIpc) is 3.18. The normalized spacial score (nSPS) is 21.2. The molecule has 0 spiro atoms. The van der Waals surface area contributed by atoms with E-state index in [4.69, 9.17) is 10.2 Å². The van der Waals surface area contributed by atoms with Gasteiger partial charge in [-0.05, 0) is 31.6 Å². The number of nitrogen functional groups attached to an aromatic ring is 1. The highest BCUT2D eigenvalue weighted by molar-refractivity contribution is 5.72. The molecule has 4 N–H and O–H groups in total. The third kappa shape index (κ3) is 2.89. The fourth-order valence-corrected chi connectivity index (χ4v) is 3.02. The minimum absolute atomic E-state index is 0.233. The molecule has 2 aromatic heterocycles. The van der Waals surface area contributed by atoms with Gasteiger partial charge >= 0.3 is 0 Å². The van der Waals surface area contributed by atoms with Crippen LogP contribution in [0.2, 0.25) is 0 Å². The van der Waals surface area contributed by atoms with Crippen molar-refractivity contribution in [3.63, 3.8) is 0 Å². The highest BCUT2D eigenvalue weighted by atomic mass is 16.3. The van der Waals surface area contributed by atoms with E-state index >= 15 is 0 Å². The molecule has 0 saturated heterocycles. The Morgan fingerprint density at radius 3 is 2.91 bits per heavy atom. The van der Waals surface area contributed by atoms with Crippen molar-refractivity contribution in [3.05, 3.63) is 18.2 Å². The first kappa shape index (κ1) is 14.8. The number of aliphatic hydroxyl groups excluding tert-OH is 1. The van der Waals surface area contributed by atoms with Crippen LogP contribution in [-0.4, -0.2) is 32.7 Å². The maximum Gasteiger partial charge on any atom is 0.231 e. The number of nitrogens with zero attached hydrogens (tertiary/aromatic N) is 3. The summed E-state index contributed by atoms with van der Waals surface area (Å²) in [6, 6.07) is 0.268. The lowest BCUT2D eigenvalue weighted by molar-refractivity contribution is 0.229. The highest BCUT2D eigenvalue weighted by Gasteiger charge is 2.26. The summed E-state index contributed by atoms with van der Waals surface area (Å²) in [7, 11) is 0. The van der Waals surface area contributed by atoms with Gasteiger partial charge < -0.3 is 20.6 Å². The molecular weight excluding hydrogens is 282 g/mol. The Bertz CT molecular complexity index is 629. The van der Waals surface area contributed by atoms with E-state index in [9.17, 15) is 5.11 Å². The van der Waals surface area contributed by atoms with Gasteiger partial charge in [0.2, 0.25) is 11.8 Å². The molecule has 3 rings (SSSR count). The lowest BCUT2D eigenvalue weighted by Gasteiger charge is -2.17. The van der Waals surface area contributed by atoms with Crippen molar-refractivity contribution in [3.8, 4) is 11.5 Å². The van der Waals surface area contributed by atoms with Crippen molar-refractivity contribution >= 4 is 11.8 Å². The van der Waals surface area contributed by atoms with E-state index in [2.05, 4.69) is 20.3 Å². The van der Waals surface area contributed by atoms with Crippen molar-refractivity contribution in [2.24, 2.45) is 5.92 Å². The van der Waals surface area contributed by atoms with Crippen LogP contribution in [-0.2, 0) is 6.42 Å². The standard InChI is InChI=1S/C15H21N5O2/c1-2-11-12(14-17-5-6-22-14)13(20-15(16)19-11)18-10-4-3-9(7-10)8-21/h5-6,9-10,21H,2-4,7-8H2,1H3,(H3,16,18,19,20). The van der Waals surface area contributed by atoms with E-state index in [1.54, 1.807) is 6.20 Å². The maximum atomic E-state index is 9.28. The van der Waals surface area contributed by atoms with Crippen molar-refractivity contribution in [1.82, 2.24) is 15.0 Å². The molecule has 0 radical (unpaired) electrons. The largest absolute Gasteiger partial charge is 0.444 e. The monoisotopic (exact) mass is 303 g/mol. The third-order valence-corrected chi connectivity index (χ3v) is 4.12. The van der Waals surface area contributed by atoms with Crippen molar-refractivity contribution in [1.29, 1.82) is 0 Å². The van der Waals surface area contributed by atoms with E-state index in [0.29, 0.717) is 24.0 Å². The first-order valence-electron chi connectivity index (χ1n) is 7.64. The van der Waals surface area contributed by atoms with Crippen molar-refractivity contribution < 1.29 is 9.52 Å². The summed E-state index contributed by atoms with van der Waals surface area (Å²) < 4.78 is 5.44.